The van der Waals surface area contributed by atoms with Gasteiger partial charge in [0, 0.05) is 11.2 Å². The molecule has 2 N–H and O–H groups in total. The molecule has 34 heavy (non-hydrogen) atoms. The lowest BCUT2D eigenvalue weighted by molar-refractivity contribution is -0.119. The lowest BCUT2D eigenvalue weighted by Gasteiger charge is -2.24. The predicted molar refractivity (Wildman–Crippen MR) is 126 cm³/mol. The van der Waals surface area contributed by atoms with Crippen molar-refractivity contribution in [2.24, 2.45) is 5.73 Å². The summed E-state index contributed by atoms with van der Waals surface area (Å²) >= 11 is 6.12. The number of primary amides is 1. The summed E-state index contributed by atoms with van der Waals surface area (Å²) in [6.07, 6.45) is 1.65. The second kappa shape index (κ2) is 8.31. The summed E-state index contributed by atoms with van der Waals surface area (Å²) in [6.45, 7) is 1.63. The van der Waals surface area contributed by atoms with Crippen LogP contribution in [-0.2, 0) is 4.79 Å². The van der Waals surface area contributed by atoms with Crippen molar-refractivity contribution in [2.45, 2.75) is 13.0 Å². The minimum Gasteiger partial charge on any atom is -0.484 e. The summed E-state index contributed by atoms with van der Waals surface area (Å²) < 4.78 is 11.2. The number of halogens is 1. The van der Waals surface area contributed by atoms with Crippen LogP contribution in [0.2, 0.25) is 5.02 Å². The predicted octanol–water partition coefficient (Wildman–Crippen LogP) is 3.76. The van der Waals surface area contributed by atoms with E-state index in [1.807, 2.05) is 13.0 Å². The van der Waals surface area contributed by atoms with Crippen molar-refractivity contribution in [3.63, 3.8) is 0 Å². The van der Waals surface area contributed by atoms with E-state index in [0.717, 1.165) is 5.56 Å². The molecule has 2 aromatic carbocycles. The molecule has 1 aliphatic heterocycles. The quantitative estimate of drug-likeness (QED) is 0.469. The van der Waals surface area contributed by atoms with Gasteiger partial charge in [-0.3, -0.25) is 19.3 Å². The van der Waals surface area contributed by atoms with Crippen LogP contribution in [0.5, 0.6) is 5.75 Å². The number of aryl methyl sites for hydroxylation is 1. The van der Waals surface area contributed by atoms with Gasteiger partial charge in [0.1, 0.15) is 17.2 Å². The number of nitrogens with zero attached hydrogens (tertiary/aromatic N) is 2. The molecule has 0 spiro atoms. The maximum Gasteiger partial charge on any atom is 0.296 e. The van der Waals surface area contributed by atoms with Gasteiger partial charge in [0.15, 0.2) is 12.0 Å². The Kier molecular flexibility index (Phi) is 5.30. The number of benzene rings is 2. The Morgan fingerprint density at radius 1 is 1.15 bits per heavy atom. The number of carbonyl (C=O) groups is 2. The van der Waals surface area contributed by atoms with E-state index >= 15 is 0 Å². The Balaban J connectivity index is 1.69. The second-order valence-electron chi connectivity index (χ2n) is 7.91. The van der Waals surface area contributed by atoms with E-state index in [-0.39, 0.29) is 34.3 Å². The highest BCUT2D eigenvalue weighted by Gasteiger charge is 2.44. The van der Waals surface area contributed by atoms with E-state index in [0.29, 0.717) is 22.2 Å². The van der Waals surface area contributed by atoms with Crippen LogP contribution in [0.3, 0.4) is 0 Å². The van der Waals surface area contributed by atoms with Gasteiger partial charge in [0.2, 0.25) is 5.76 Å². The minimum absolute atomic E-state index is 0.0405. The van der Waals surface area contributed by atoms with Crippen LogP contribution >= 0.6 is 11.6 Å². The van der Waals surface area contributed by atoms with E-state index in [4.69, 9.17) is 26.5 Å². The summed E-state index contributed by atoms with van der Waals surface area (Å²) in [5.74, 6) is -0.313. The second-order valence-corrected chi connectivity index (χ2v) is 8.35. The highest BCUT2D eigenvalue weighted by atomic mass is 35.5. The molecule has 8 nitrogen and oxygen atoms in total. The molecule has 3 heterocycles. The largest absolute Gasteiger partial charge is 0.484 e. The number of anilines is 1. The monoisotopic (exact) mass is 475 g/mol. The summed E-state index contributed by atoms with van der Waals surface area (Å²) in [4.78, 5) is 44.0. The van der Waals surface area contributed by atoms with Crippen molar-refractivity contribution in [1.82, 2.24) is 4.98 Å². The van der Waals surface area contributed by atoms with Crippen molar-refractivity contribution in [3.05, 3.63) is 98.5 Å². The highest BCUT2D eigenvalue weighted by molar-refractivity contribution is 6.31. The first-order valence-corrected chi connectivity index (χ1v) is 10.7. The standard InChI is InChI=1S/C25H18ClN3O5/c1-13-2-9-20(28-11-13)29-22(14-3-6-16(7-4-14)33-12-19(27)30)21-23(31)17-10-15(26)5-8-18(17)34-24(21)25(29)32/h2-11,22H,12H2,1H3,(H2,27,30). The average Bonchev–Trinajstić information content (AvgIpc) is 3.11. The Hall–Kier alpha value is -4.17. The molecule has 0 saturated carbocycles. The lowest BCUT2D eigenvalue weighted by atomic mass is 9.98. The number of aromatic nitrogens is 1. The van der Waals surface area contributed by atoms with Crippen LogP contribution < -0.4 is 20.8 Å². The Labute approximate surface area is 198 Å². The summed E-state index contributed by atoms with van der Waals surface area (Å²) in [5.41, 5.74) is 6.82. The molecule has 1 unspecified atom stereocenters. The van der Waals surface area contributed by atoms with Crippen molar-refractivity contribution in [3.8, 4) is 5.75 Å². The van der Waals surface area contributed by atoms with Crippen LogP contribution in [0, 0.1) is 6.92 Å². The average molecular weight is 476 g/mol. The Morgan fingerprint density at radius 2 is 1.91 bits per heavy atom. The van der Waals surface area contributed by atoms with E-state index < -0.39 is 17.9 Å². The van der Waals surface area contributed by atoms with E-state index in [9.17, 15) is 14.4 Å². The molecule has 2 amide bonds. The molecule has 4 aromatic rings. The van der Waals surface area contributed by atoms with Gasteiger partial charge in [0.05, 0.1) is 17.0 Å². The van der Waals surface area contributed by atoms with Crippen molar-refractivity contribution in [1.29, 1.82) is 0 Å². The third kappa shape index (κ3) is 3.68. The van der Waals surface area contributed by atoms with Gasteiger partial charge in [-0.25, -0.2) is 4.98 Å². The molecular weight excluding hydrogens is 458 g/mol. The number of nitrogens with two attached hydrogens (primary N) is 1. The molecule has 170 valence electrons. The first-order chi connectivity index (χ1) is 16.3. The topological polar surface area (TPSA) is 116 Å². The number of hydrogen-bond donors (Lipinski definition) is 1. The zero-order chi connectivity index (χ0) is 24.0. The maximum absolute atomic E-state index is 13.6. The number of rotatable bonds is 5. The normalized spacial score (nSPS) is 14.9. The van der Waals surface area contributed by atoms with Gasteiger partial charge >= 0.3 is 0 Å². The zero-order valence-corrected chi connectivity index (χ0v) is 18.7. The fourth-order valence-electron chi connectivity index (χ4n) is 4.00. The van der Waals surface area contributed by atoms with Gasteiger partial charge in [-0.1, -0.05) is 29.8 Å². The third-order valence-corrected chi connectivity index (χ3v) is 5.79. The molecule has 0 radical (unpaired) electrons. The van der Waals surface area contributed by atoms with Crippen LogP contribution in [0.15, 0.2) is 70.0 Å². The molecule has 0 fully saturated rings. The molecular formula is C25H18ClN3O5. The summed E-state index contributed by atoms with van der Waals surface area (Å²) in [7, 11) is 0. The molecule has 0 bridgehead atoms. The zero-order valence-electron chi connectivity index (χ0n) is 17.9. The fourth-order valence-corrected chi connectivity index (χ4v) is 4.17. The van der Waals surface area contributed by atoms with Crippen LogP contribution in [0.25, 0.3) is 11.0 Å². The molecule has 1 atom stereocenters. The summed E-state index contributed by atoms with van der Waals surface area (Å²) in [6, 6.07) is 14.2. The van der Waals surface area contributed by atoms with Gasteiger partial charge in [-0.05, 0) is 54.4 Å². The first kappa shape index (κ1) is 21.7. The molecule has 5 rings (SSSR count). The van der Waals surface area contributed by atoms with Crippen molar-refractivity contribution in [2.75, 3.05) is 11.5 Å². The number of fused-ring (bicyclic) bond motifs is 2. The fraction of sp³-hybridized carbons (Fsp3) is 0.120. The minimum atomic E-state index is -0.789. The molecule has 0 saturated heterocycles. The molecule has 1 aliphatic rings. The third-order valence-electron chi connectivity index (χ3n) is 5.55. The van der Waals surface area contributed by atoms with Gasteiger partial charge < -0.3 is 14.9 Å². The highest BCUT2D eigenvalue weighted by Crippen LogP contribution is 2.41. The van der Waals surface area contributed by atoms with Gasteiger partial charge in [-0.15, -0.1) is 0 Å². The van der Waals surface area contributed by atoms with Crippen LogP contribution in [-0.4, -0.2) is 23.4 Å². The van der Waals surface area contributed by atoms with Gasteiger partial charge in [0.25, 0.3) is 11.8 Å². The SMILES string of the molecule is Cc1ccc(N2C(=O)c3oc4ccc(Cl)cc4c(=O)c3C2c2ccc(OCC(N)=O)cc2)nc1. The molecule has 0 aliphatic carbocycles. The number of amides is 2. The molecule has 2 aromatic heterocycles. The van der Waals surface area contributed by atoms with Crippen LogP contribution in [0.1, 0.15) is 33.3 Å². The number of ether oxygens (including phenoxy) is 1. The first-order valence-electron chi connectivity index (χ1n) is 10.4. The summed E-state index contributed by atoms with van der Waals surface area (Å²) in [5, 5.41) is 0.665. The van der Waals surface area contributed by atoms with Crippen molar-refractivity contribution < 1.29 is 18.7 Å². The van der Waals surface area contributed by atoms with Gasteiger partial charge in [-0.2, -0.15) is 0 Å². The van der Waals surface area contributed by atoms with Crippen molar-refractivity contribution >= 4 is 40.2 Å². The smallest absolute Gasteiger partial charge is 0.296 e. The maximum atomic E-state index is 13.6. The Morgan fingerprint density at radius 3 is 2.59 bits per heavy atom. The van der Waals surface area contributed by atoms with E-state index in [1.54, 1.807) is 48.7 Å². The van der Waals surface area contributed by atoms with E-state index in [1.165, 1.54) is 11.0 Å². The number of pyridine rings is 1. The van der Waals surface area contributed by atoms with E-state index in [2.05, 4.69) is 4.98 Å². The van der Waals surface area contributed by atoms with Crippen LogP contribution in [0.4, 0.5) is 5.82 Å². The lowest BCUT2D eigenvalue weighted by Crippen LogP contribution is -2.30. The molecule has 9 heteroatoms. The Bertz CT molecular complexity index is 1500. The number of hydrogen-bond acceptors (Lipinski definition) is 6. The number of carbonyl (C=O) groups excluding carboxylic acids is 2.